The van der Waals surface area contributed by atoms with Crippen molar-refractivity contribution in [1.29, 1.82) is 0 Å². The monoisotopic (exact) mass is 247 g/mol. The molecule has 1 aromatic carbocycles. The van der Waals surface area contributed by atoms with Gasteiger partial charge in [0, 0.05) is 19.0 Å². The highest BCUT2D eigenvalue weighted by Gasteiger charge is 2.37. The molecule has 2 rings (SSSR count). The highest BCUT2D eigenvalue weighted by molar-refractivity contribution is 5.74. The summed E-state index contributed by atoms with van der Waals surface area (Å²) in [5, 5.41) is 0. The van der Waals surface area contributed by atoms with E-state index in [9.17, 15) is 4.79 Å². The summed E-state index contributed by atoms with van der Waals surface area (Å²) < 4.78 is 4.91. The molecule has 1 fully saturated rings. The second kappa shape index (κ2) is 5.53. The molecule has 1 saturated heterocycles. The third kappa shape index (κ3) is 2.56. The van der Waals surface area contributed by atoms with E-state index in [1.807, 2.05) is 0 Å². The Morgan fingerprint density at radius 3 is 2.56 bits per heavy atom. The Balaban J connectivity index is 2.21. The first-order valence-electron chi connectivity index (χ1n) is 6.51. The maximum atomic E-state index is 11.8. The first-order chi connectivity index (χ1) is 8.65. The van der Waals surface area contributed by atoms with Crippen molar-refractivity contribution < 1.29 is 9.53 Å². The summed E-state index contributed by atoms with van der Waals surface area (Å²) >= 11 is 0. The smallest absolute Gasteiger partial charge is 0.310 e. The van der Waals surface area contributed by atoms with Gasteiger partial charge in [0.2, 0.25) is 0 Å². The lowest BCUT2D eigenvalue weighted by atomic mass is 9.88. The Labute approximate surface area is 109 Å². The molecule has 2 unspecified atom stereocenters. The lowest BCUT2D eigenvalue weighted by Crippen LogP contribution is -2.23. The molecule has 0 amide bonds. The number of methoxy groups -OCH3 is 1. The van der Waals surface area contributed by atoms with Gasteiger partial charge in [-0.1, -0.05) is 31.2 Å². The van der Waals surface area contributed by atoms with Crippen LogP contribution in [0.3, 0.4) is 0 Å². The van der Waals surface area contributed by atoms with Gasteiger partial charge in [-0.25, -0.2) is 0 Å². The second-order valence-corrected chi connectivity index (χ2v) is 5.05. The van der Waals surface area contributed by atoms with Crippen LogP contribution in [0, 0.1) is 5.92 Å². The van der Waals surface area contributed by atoms with Gasteiger partial charge in [0.25, 0.3) is 0 Å². The molecule has 0 aliphatic carbocycles. The van der Waals surface area contributed by atoms with Gasteiger partial charge < -0.3 is 9.64 Å². The molecule has 3 nitrogen and oxygen atoms in total. The molecule has 1 aromatic rings. The third-order valence-electron chi connectivity index (χ3n) is 3.82. The van der Waals surface area contributed by atoms with Crippen LogP contribution >= 0.6 is 0 Å². The van der Waals surface area contributed by atoms with Crippen molar-refractivity contribution in [2.24, 2.45) is 5.92 Å². The predicted octanol–water partition coefficient (Wildman–Crippen LogP) is 2.07. The molecule has 18 heavy (non-hydrogen) atoms. The van der Waals surface area contributed by atoms with Crippen LogP contribution in [0.2, 0.25) is 0 Å². The molecule has 1 aliphatic heterocycles. The SMILES string of the molecule is CCc1ccc(C2CN(C)CC2C(=O)OC)cc1. The fraction of sp³-hybridized carbons (Fsp3) is 0.533. The molecular weight excluding hydrogens is 226 g/mol. The number of hydrogen-bond acceptors (Lipinski definition) is 3. The van der Waals surface area contributed by atoms with E-state index in [-0.39, 0.29) is 17.8 Å². The van der Waals surface area contributed by atoms with E-state index in [1.54, 1.807) is 0 Å². The number of ether oxygens (including phenoxy) is 1. The van der Waals surface area contributed by atoms with Crippen molar-refractivity contribution in [3.05, 3.63) is 35.4 Å². The fourth-order valence-corrected chi connectivity index (χ4v) is 2.73. The Bertz CT molecular complexity index is 413. The first kappa shape index (κ1) is 13.1. The zero-order chi connectivity index (χ0) is 13.1. The minimum atomic E-state index is -0.0936. The number of nitrogens with zero attached hydrogens (tertiary/aromatic N) is 1. The van der Waals surface area contributed by atoms with Gasteiger partial charge in [0.05, 0.1) is 13.0 Å². The number of carbonyl (C=O) groups is 1. The van der Waals surface area contributed by atoms with Gasteiger partial charge >= 0.3 is 5.97 Å². The van der Waals surface area contributed by atoms with Crippen molar-refractivity contribution in [2.75, 3.05) is 27.2 Å². The van der Waals surface area contributed by atoms with Gasteiger partial charge in [-0.05, 0) is 24.6 Å². The van der Waals surface area contributed by atoms with E-state index in [0.717, 1.165) is 19.5 Å². The van der Waals surface area contributed by atoms with Crippen molar-refractivity contribution in [3.8, 4) is 0 Å². The quantitative estimate of drug-likeness (QED) is 0.766. The molecule has 0 spiro atoms. The highest BCUT2D eigenvalue weighted by Crippen LogP contribution is 2.32. The van der Waals surface area contributed by atoms with Crippen LogP contribution < -0.4 is 0 Å². The summed E-state index contributed by atoms with van der Waals surface area (Å²) in [6.07, 6.45) is 1.05. The van der Waals surface area contributed by atoms with Gasteiger partial charge in [-0.15, -0.1) is 0 Å². The number of carbonyl (C=O) groups excluding carboxylic acids is 1. The number of rotatable bonds is 3. The fourth-order valence-electron chi connectivity index (χ4n) is 2.73. The molecule has 1 aliphatic rings. The average Bonchev–Trinajstić information content (AvgIpc) is 2.80. The van der Waals surface area contributed by atoms with Gasteiger partial charge in [-0.3, -0.25) is 4.79 Å². The van der Waals surface area contributed by atoms with Crippen LogP contribution in [0.1, 0.15) is 24.0 Å². The van der Waals surface area contributed by atoms with E-state index in [0.29, 0.717) is 0 Å². The summed E-state index contributed by atoms with van der Waals surface area (Å²) in [5.41, 5.74) is 2.58. The molecule has 0 aromatic heterocycles. The largest absolute Gasteiger partial charge is 0.469 e. The number of hydrogen-bond donors (Lipinski definition) is 0. The Morgan fingerprint density at radius 1 is 1.33 bits per heavy atom. The summed E-state index contributed by atoms with van der Waals surface area (Å²) in [6.45, 7) is 3.85. The number of esters is 1. The normalized spacial score (nSPS) is 24.2. The average molecular weight is 247 g/mol. The van der Waals surface area contributed by atoms with Crippen LogP contribution in [0.15, 0.2) is 24.3 Å². The lowest BCUT2D eigenvalue weighted by molar-refractivity contribution is -0.145. The van der Waals surface area contributed by atoms with E-state index in [4.69, 9.17) is 4.74 Å². The second-order valence-electron chi connectivity index (χ2n) is 5.05. The number of aryl methyl sites for hydroxylation is 1. The van der Waals surface area contributed by atoms with Crippen LogP contribution in [0.4, 0.5) is 0 Å². The summed E-state index contributed by atoms with van der Waals surface area (Å²) in [6, 6.07) is 8.61. The maximum Gasteiger partial charge on any atom is 0.310 e. The molecule has 3 heteroatoms. The zero-order valence-corrected chi connectivity index (χ0v) is 11.3. The minimum absolute atomic E-state index is 0.0347. The van der Waals surface area contributed by atoms with E-state index in [1.165, 1.54) is 18.2 Å². The molecule has 1 heterocycles. The molecule has 0 saturated carbocycles. The minimum Gasteiger partial charge on any atom is -0.469 e. The van der Waals surface area contributed by atoms with Crippen LogP contribution in [0.25, 0.3) is 0 Å². The van der Waals surface area contributed by atoms with E-state index < -0.39 is 0 Å². The lowest BCUT2D eigenvalue weighted by Gasteiger charge is -2.17. The van der Waals surface area contributed by atoms with E-state index >= 15 is 0 Å². The van der Waals surface area contributed by atoms with Crippen LogP contribution in [-0.2, 0) is 16.0 Å². The molecule has 0 N–H and O–H groups in total. The molecule has 98 valence electrons. The van der Waals surface area contributed by atoms with Gasteiger partial charge in [0.15, 0.2) is 0 Å². The van der Waals surface area contributed by atoms with Crippen molar-refractivity contribution in [2.45, 2.75) is 19.3 Å². The Hall–Kier alpha value is -1.35. The molecule has 0 bridgehead atoms. The summed E-state index contributed by atoms with van der Waals surface area (Å²) in [4.78, 5) is 14.0. The standard InChI is InChI=1S/C15H21NO2/c1-4-11-5-7-12(8-6-11)13-9-16(2)10-14(13)15(17)18-3/h5-8,13-14H,4,9-10H2,1-3H3. The topological polar surface area (TPSA) is 29.5 Å². The van der Waals surface area contributed by atoms with Crippen LogP contribution in [-0.4, -0.2) is 38.1 Å². The molecule has 2 atom stereocenters. The van der Waals surface area contributed by atoms with E-state index in [2.05, 4.69) is 43.1 Å². The predicted molar refractivity (Wildman–Crippen MR) is 71.6 cm³/mol. The van der Waals surface area contributed by atoms with Gasteiger partial charge in [0.1, 0.15) is 0 Å². The third-order valence-corrected chi connectivity index (χ3v) is 3.82. The number of likely N-dealkylation sites (N-methyl/N-ethyl adjacent to an activating group) is 1. The van der Waals surface area contributed by atoms with Crippen molar-refractivity contribution in [3.63, 3.8) is 0 Å². The molecule has 0 radical (unpaired) electrons. The number of likely N-dealkylation sites (tertiary alicyclic amines) is 1. The molecular formula is C15H21NO2. The van der Waals surface area contributed by atoms with Crippen molar-refractivity contribution >= 4 is 5.97 Å². The van der Waals surface area contributed by atoms with Gasteiger partial charge in [-0.2, -0.15) is 0 Å². The van der Waals surface area contributed by atoms with Crippen LogP contribution in [0.5, 0.6) is 0 Å². The summed E-state index contributed by atoms with van der Waals surface area (Å²) in [7, 11) is 3.52. The zero-order valence-electron chi connectivity index (χ0n) is 11.3. The Morgan fingerprint density at radius 2 is 2.00 bits per heavy atom. The Kier molecular flexibility index (Phi) is 4.02. The highest BCUT2D eigenvalue weighted by atomic mass is 16.5. The van der Waals surface area contributed by atoms with Crippen molar-refractivity contribution in [1.82, 2.24) is 4.90 Å². The number of benzene rings is 1. The summed E-state index contributed by atoms with van der Waals surface area (Å²) in [5.74, 6) is 0.129. The maximum absolute atomic E-state index is 11.8. The first-order valence-corrected chi connectivity index (χ1v) is 6.51.